The molecule has 4 nitrogen and oxygen atoms in total. The van der Waals surface area contributed by atoms with E-state index in [1.54, 1.807) is 6.33 Å². The third-order valence-electron chi connectivity index (χ3n) is 2.80. The van der Waals surface area contributed by atoms with Gasteiger partial charge in [-0.1, -0.05) is 6.07 Å². The van der Waals surface area contributed by atoms with Crippen molar-refractivity contribution in [3.63, 3.8) is 0 Å². The largest absolute Gasteiger partial charge is 0.324 e. The number of rotatable bonds is 2. The van der Waals surface area contributed by atoms with Crippen molar-refractivity contribution in [1.29, 1.82) is 0 Å². The van der Waals surface area contributed by atoms with Crippen LogP contribution < -0.4 is 5.73 Å². The summed E-state index contributed by atoms with van der Waals surface area (Å²) in [6.07, 6.45) is 3.60. The van der Waals surface area contributed by atoms with Gasteiger partial charge >= 0.3 is 0 Å². The van der Waals surface area contributed by atoms with Gasteiger partial charge in [-0.05, 0) is 32.4 Å². The van der Waals surface area contributed by atoms with Crippen molar-refractivity contribution in [3.8, 4) is 5.82 Å². The summed E-state index contributed by atoms with van der Waals surface area (Å²) in [6.45, 7) is 5.97. The molecular formula is C12H16N4. The predicted octanol–water partition coefficient (Wildman–Crippen LogP) is 1.90. The van der Waals surface area contributed by atoms with E-state index in [4.69, 9.17) is 5.73 Å². The van der Waals surface area contributed by atoms with Gasteiger partial charge in [-0.25, -0.2) is 9.97 Å². The third-order valence-corrected chi connectivity index (χ3v) is 2.80. The highest BCUT2D eigenvalue weighted by molar-refractivity contribution is 5.30. The number of aryl methyl sites for hydroxylation is 1. The molecule has 0 saturated heterocycles. The summed E-state index contributed by atoms with van der Waals surface area (Å²) in [5, 5.41) is 0. The highest BCUT2D eigenvalue weighted by Gasteiger charge is 2.06. The predicted molar refractivity (Wildman–Crippen MR) is 63.4 cm³/mol. The molecular weight excluding hydrogens is 200 g/mol. The van der Waals surface area contributed by atoms with Crippen LogP contribution in [0.1, 0.15) is 29.9 Å². The molecule has 0 aliphatic rings. The number of nitrogens with two attached hydrogens (primary N) is 1. The highest BCUT2D eigenvalue weighted by atomic mass is 15.1. The van der Waals surface area contributed by atoms with Crippen LogP contribution in [0, 0.1) is 13.8 Å². The molecule has 0 amide bonds. The molecule has 0 saturated carbocycles. The minimum atomic E-state index is 0.0205. The van der Waals surface area contributed by atoms with E-state index in [0.717, 1.165) is 22.8 Å². The van der Waals surface area contributed by atoms with Gasteiger partial charge in [0.25, 0.3) is 0 Å². The molecule has 16 heavy (non-hydrogen) atoms. The SMILES string of the molecule is Cc1ncn(-c2ccc(C(C)N)cn2)c1C. The number of imidazole rings is 1. The van der Waals surface area contributed by atoms with E-state index in [-0.39, 0.29) is 6.04 Å². The molecule has 0 spiro atoms. The van der Waals surface area contributed by atoms with Gasteiger partial charge < -0.3 is 5.73 Å². The summed E-state index contributed by atoms with van der Waals surface area (Å²) in [5.41, 5.74) is 8.96. The fraction of sp³-hybridized carbons (Fsp3) is 0.333. The van der Waals surface area contributed by atoms with Crippen molar-refractivity contribution in [3.05, 3.63) is 41.6 Å². The summed E-state index contributed by atoms with van der Waals surface area (Å²) >= 11 is 0. The number of hydrogen-bond donors (Lipinski definition) is 1. The Hall–Kier alpha value is -1.68. The second-order valence-electron chi connectivity index (χ2n) is 4.02. The summed E-state index contributed by atoms with van der Waals surface area (Å²) in [4.78, 5) is 8.64. The first-order valence-corrected chi connectivity index (χ1v) is 5.32. The molecule has 0 aliphatic carbocycles. The first-order valence-electron chi connectivity index (χ1n) is 5.32. The molecule has 2 aromatic heterocycles. The summed E-state index contributed by atoms with van der Waals surface area (Å²) in [6, 6.07) is 3.99. The van der Waals surface area contributed by atoms with Gasteiger partial charge in [0.1, 0.15) is 12.1 Å². The van der Waals surface area contributed by atoms with E-state index in [1.807, 2.05) is 43.7 Å². The van der Waals surface area contributed by atoms with E-state index in [2.05, 4.69) is 9.97 Å². The first-order chi connectivity index (χ1) is 7.59. The molecule has 1 atom stereocenters. The lowest BCUT2D eigenvalue weighted by atomic mass is 10.1. The lowest BCUT2D eigenvalue weighted by molar-refractivity contribution is 0.807. The Kier molecular flexibility index (Phi) is 2.75. The van der Waals surface area contributed by atoms with Crippen LogP contribution in [-0.2, 0) is 0 Å². The minimum Gasteiger partial charge on any atom is -0.324 e. The molecule has 2 heterocycles. The van der Waals surface area contributed by atoms with Crippen LogP contribution in [0.4, 0.5) is 0 Å². The van der Waals surface area contributed by atoms with Crippen LogP contribution in [0.5, 0.6) is 0 Å². The molecule has 2 N–H and O–H groups in total. The molecule has 2 aromatic rings. The van der Waals surface area contributed by atoms with Crippen LogP contribution in [-0.4, -0.2) is 14.5 Å². The van der Waals surface area contributed by atoms with Gasteiger partial charge in [-0.2, -0.15) is 0 Å². The van der Waals surface area contributed by atoms with Crippen LogP contribution in [0.2, 0.25) is 0 Å². The summed E-state index contributed by atoms with van der Waals surface area (Å²) in [7, 11) is 0. The van der Waals surface area contributed by atoms with Crippen molar-refractivity contribution in [2.24, 2.45) is 5.73 Å². The van der Waals surface area contributed by atoms with Gasteiger partial charge in [-0.15, -0.1) is 0 Å². The smallest absolute Gasteiger partial charge is 0.138 e. The summed E-state index contributed by atoms with van der Waals surface area (Å²) in [5.74, 6) is 0.877. The van der Waals surface area contributed by atoms with Crippen LogP contribution in [0.15, 0.2) is 24.7 Å². The molecule has 0 aromatic carbocycles. The Morgan fingerprint density at radius 2 is 2.00 bits per heavy atom. The summed E-state index contributed by atoms with van der Waals surface area (Å²) < 4.78 is 1.97. The number of nitrogens with zero attached hydrogens (tertiary/aromatic N) is 3. The van der Waals surface area contributed by atoms with E-state index < -0.39 is 0 Å². The van der Waals surface area contributed by atoms with Crippen LogP contribution in [0.3, 0.4) is 0 Å². The normalized spacial score (nSPS) is 12.8. The van der Waals surface area contributed by atoms with Gasteiger partial charge in [0.05, 0.1) is 5.69 Å². The second-order valence-corrected chi connectivity index (χ2v) is 4.02. The fourth-order valence-corrected chi connectivity index (χ4v) is 1.54. The molecule has 0 aliphatic heterocycles. The fourth-order valence-electron chi connectivity index (χ4n) is 1.54. The van der Waals surface area contributed by atoms with Crippen molar-refractivity contribution in [2.75, 3.05) is 0 Å². The maximum absolute atomic E-state index is 5.78. The Bertz CT molecular complexity index is 482. The molecule has 84 valence electrons. The van der Waals surface area contributed by atoms with Gasteiger partial charge in [-0.3, -0.25) is 4.57 Å². The standard InChI is InChI=1S/C12H16N4/c1-8(13)11-4-5-12(14-6-11)16-7-15-9(2)10(16)3/h4-8H,13H2,1-3H3. The minimum absolute atomic E-state index is 0.0205. The topological polar surface area (TPSA) is 56.7 Å². The Balaban J connectivity index is 2.38. The van der Waals surface area contributed by atoms with Gasteiger partial charge in [0.15, 0.2) is 0 Å². The average Bonchev–Trinajstić information content (AvgIpc) is 2.60. The maximum Gasteiger partial charge on any atom is 0.138 e. The van der Waals surface area contributed by atoms with Crippen LogP contribution >= 0.6 is 0 Å². The molecule has 0 fully saturated rings. The lowest BCUT2D eigenvalue weighted by Crippen LogP contribution is -2.06. The van der Waals surface area contributed by atoms with E-state index in [0.29, 0.717) is 0 Å². The first kappa shape index (κ1) is 10.8. The molecule has 1 unspecified atom stereocenters. The van der Waals surface area contributed by atoms with Crippen molar-refractivity contribution in [1.82, 2.24) is 14.5 Å². The molecule has 0 radical (unpaired) electrons. The zero-order chi connectivity index (χ0) is 11.7. The van der Waals surface area contributed by atoms with E-state index in [1.165, 1.54) is 0 Å². The maximum atomic E-state index is 5.78. The monoisotopic (exact) mass is 216 g/mol. The number of pyridine rings is 1. The Morgan fingerprint density at radius 3 is 2.44 bits per heavy atom. The Morgan fingerprint density at radius 1 is 1.25 bits per heavy atom. The van der Waals surface area contributed by atoms with Gasteiger partial charge in [0.2, 0.25) is 0 Å². The Labute approximate surface area is 95.1 Å². The van der Waals surface area contributed by atoms with Crippen molar-refractivity contribution in [2.45, 2.75) is 26.8 Å². The van der Waals surface area contributed by atoms with Crippen LogP contribution in [0.25, 0.3) is 5.82 Å². The molecule has 0 bridgehead atoms. The van der Waals surface area contributed by atoms with Gasteiger partial charge in [0, 0.05) is 17.9 Å². The third kappa shape index (κ3) is 1.84. The highest BCUT2D eigenvalue weighted by Crippen LogP contribution is 2.14. The van der Waals surface area contributed by atoms with E-state index in [9.17, 15) is 0 Å². The lowest BCUT2D eigenvalue weighted by Gasteiger charge is -2.07. The second kappa shape index (κ2) is 4.06. The zero-order valence-corrected chi connectivity index (χ0v) is 9.81. The van der Waals surface area contributed by atoms with Crippen molar-refractivity contribution < 1.29 is 0 Å². The average molecular weight is 216 g/mol. The molecule has 2 rings (SSSR count). The quantitative estimate of drug-likeness (QED) is 0.834. The van der Waals surface area contributed by atoms with E-state index >= 15 is 0 Å². The van der Waals surface area contributed by atoms with Crippen molar-refractivity contribution >= 4 is 0 Å². The number of aromatic nitrogens is 3. The number of hydrogen-bond acceptors (Lipinski definition) is 3. The zero-order valence-electron chi connectivity index (χ0n) is 9.81. The molecule has 4 heteroatoms.